The summed E-state index contributed by atoms with van der Waals surface area (Å²) in [6.07, 6.45) is -2.20. The SMILES string of the molecule is C=C1CO[C@@H]2[C@@H](C)/C(=N/C(C)=O)[C@H](C)C[C@@](C)(OC1)[C@H](O[C@@H]1O[C@H](C)C[C@H](N(C)C)[C@H]1C)[C@@H](C)C(=O)[C@@H](C)C(=O)O[C@H](CC)[C@@]2(C)O. The fourth-order valence-corrected chi connectivity index (χ4v) is 7.92. The van der Waals surface area contributed by atoms with Crippen LogP contribution in [0.3, 0.4) is 0 Å². The molecule has 0 radical (unpaired) electrons. The van der Waals surface area contributed by atoms with Crippen LogP contribution in [0.4, 0.5) is 0 Å². The van der Waals surface area contributed by atoms with E-state index in [1.807, 2.05) is 41.8 Å². The monoisotopic (exact) mass is 664 g/mol. The summed E-state index contributed by atoms with van der Waals surface area (Å²) in [4.78, 5) is 47.1. The van der Waals surface area contributed by atoms with Gasteiger partial charge in [-0.1, -0.05) is 41.2 Å². The first-order valence-corrected chi connectivity index (χ1v) is 17.2. The number of ether oxygens (including phenoxy) is 5. The van der Waals surface area contributed by atoms with Crippen LogP contribution in [0.15, 0.2) is 17.1 Å². The Morgan fingerprint density at radius 3 is 2.30 bits per heavy atom. The van der Waals surface area contributed by atoms with Gasteiger partial charge in [0.05, 0.1) is 37.1 Å². The molecule has 3 aliphatic heterocycles. The third-order valence-electron chi connectivity index (χ3n) is 10.6. The van der Waals surface area contributed by atoms with Crippen LogP contribution in [0.5, 0.6) is 0 Å². The lowest BCUT2D eigenvalue weighted by molar-refractivity contribution is -0.282. The van der Waals surface area contributed by atoms with Gasteiger partial charge in [-0.05, 0) is 72.5 Å². The van der Waals surface area contributed by atoms with Gasteiger partial charge in [0.2, 0.25) is 5.91 Å². The Hall–Kier alpha value is -2.02. The number of Topliss-reactive ketones (excluding diaryl/α,β-unsaturated/α-hetero) is 1. The molecule has 0 aromatic heterocycles. The van der Waals surface area contributed by atoms with Crippen LogP contribution in [0.1, 0.15) is 88.5 Å². The van der Waals surface area contributed by atoms with Gasteiger partial charge in [0, 0.05) is 36.4 Å². The van der Waals surface area contributed by atoms with E-state index in [-0.39, 0.29) is 49.4 Å². The molecule has 268 valence electrons. The van der Waals surface area contributed by atoms with Gasteiger partial charge in [-0.2, -0.15) is 0 Å². The number of nitrogens with zero attached hydrogens (tertiary/aromatic N) is 2. The second kappa shape index (κ2) is 15.7. The van der Waals surface area contributed by atoms with E-state index < -0.39 is 65.4 Å². The van der Waals surface area contributed by atoms with Crippen molar-refractivity contribution in [2.24, 2.45) is 34.6 Å². The van der Waals surface area contributed by atoms with E-state index in [9.17, 15) is 19.5 Å². The molecule has 3 aliphatic rings. The predicted octanol–water partition coefficient (Wildman–Crippen LogP) is 4.38. The second-order valence-electron chi connectivity index (χ2n) is 15.0. The van der Waals surface area contributed by atoms with Crippen molar-refractivity contribution in [1.82, 2.24) is 4.90 Å². The first-order valence-electron chi connectivity index (χ1n) is 17.2. The number of cyclic esters (lactones) is 1. The molecule has 3 saturated heterocycles. The molecule has 0 aromatic carbocycles. The fourth-order valence-electron chi connectivity index (χ4n) is 7.92. The molecule has 47 heavy (non-hydrogen) atoms. The number of aliphatic imine (C=N–C) groups is 1. The molecule has 0 aromatic rings. The van der Waals surface area contributed by atoms with Crippen molar-refractivity contribution in [2.75, 3.05) is 27.3 Å². The zero-order chi connectivity index (χ0) is 35.6. The number of esters is 1. The molecule has 0 saturated carbocycles. The Balaban J connectivity index is 2.29. The van der Waals surface area contributed by atoms with Crippen molar-refractivity contribution in [2.45, 2.75) is 136 Å². The van der Waals surface area contributed by atoms with Crippen LogP contribution >= 0.6 is 0 Å². The number of aliphatic hydroxyl groups is 1. The summed E-state index contributed by atoms with van der Waals surface area (Å²) >= 11 is 0. The minimum Gasteiger partial charge on any atom is -0.459 e. The first-order chi connectivity index (χ1) is 21.7. The molecule has 0 spiro atoms. The maximum Gasteiger partial charge on any atom is 0.316 e. The minimum atomic E-state index is -1.71. The standard InChI is InChI=1S/C36H60N2O9/c1-14-28-36(11,42)32-23(6)29(37-26(9)39)20(3)16-35(10,44-18-19(2)17-43-32)31(24(7)30(40)25(8)33(41)46-28)47-34-22(5)27(38(12)13)15-21(4)45-34/h20-25,27-28,31-32,34,42H,2,14-18H2,1,3-13H3/b37-29+/t20-,21-,22-,23+,24+,25-,27+,28-,31-,32-,34+,35-,36-/m1/s1. The largest absolute Gasteiger partial charge is 0.459 e. The molecule has 11 nitrogen and oxygen atoms in total. The van der Waals surface area contributed by atoms with Crippen molar-refractivity contribution in [3.63, 3.8) is 0 Å². The highest BCUT2D eigenvalue weighted by Gasteiger charge is 2.52. The van der Waals surface area contributed by atoms with Gasteiger partial charge >= 0.3 is 5.97 Å². The molecule has 0 unspecified atom stereocenters. The molecule has 3 fully saturated rings. The van der Waals surface area contributed by atoms with Crippen LogP contribution in [0.2, 0.25) is 0 Å². The Kier molecular flexibility index (Phi) is 13.2. The predicted molar refractivity (Wildman–Crippen MR) is 179 cm³/mol. The molecular formula is C36H60N2O9. The Labute approximate surface area is 281 Å². The Morgan fingerprint density at radius 1 is 1.09 bits per heavy atom. The maximum atomic E-state index is 14.2. The average Bonchev–Trinajstić information content (AvgIpc) is 3.00. The number of carbonyl (C=O) groups excluding carboxylic acids is 3. The number of hydrogen-bond acceptors (Lipinski definition) is 10. The van der Waals surface area contributed by atoms with Gasteiger partial charge in [-0.15, -0.1) is 0 Å². The smallest absolute Gasteiger partial charge is 0.316 e. The number of rotatable bonds is 4. The summed E-state index contributed by atoms with van der Waals surface area (Å²) in [6.45, 7) is 22.2. The number of ketones is 1. The van der Waals surface area contributed by atoms with E-state index in [4.69, 9.17) is 23.7 Å². The molecule has 1 N–H and O–H groups in total. The topological polar surface area (TPSA) is 133 Å². The lowest BCUT2D eigenvalue weighted by Gasteiger charge is -2.48. The van der Waals surface area contributed by atoms with Gasteiger partial charge < -0.3 is 33.7 Å². The number of amides is 1. The third-order valence-corrected chi connectivity index (χ3v) is 10.6. The highest BCUT2D eigenvalue weighted by atomic mass is 16.7. The van der Waals surface area contributed by atoms with Crippen molar-refractivity contribution >= 4 is 23.4 Å². The summed E-state index contributed by atoms with van der Waals surface area (Å²) in [7, 11) is 4.07. The van der Waals surface area contributed by atoms with Gasteiger partial charge in [-0.3, -0.25) is 14.4 Å². The lowest BCUT2D eigenvalue weighted by Crippen LogP contribution is -2.59. The van der Waals surface area contributed by atoms with Gasteiger partial charge in [0.15, 0.2) is 12.1 Å². The van der Waals surface area contributed by atoms with E-state index in [1.54, 1.807) is 20.8 Å². The summed E-state index contributed by atoms with van der Waals surface area (Å²) in [5, 5.41) is 12.1. The van der Waals surface area contributed by atoms with Crippen molar-refractivity contribution in [1.29, 1.82) is 0 Å². The van der Waals surface area contributed by atoms with Crippen LogP contribution in [-0.4, -0.2) is 109 Å². The molecule has 3 heterocycles. The van der Waals surface area contributed by atoms with Crippen molar-refractivity contribution in [3.05, 3.63) is 12.2 Å². The number of fused-ring (bicyclic) bond motifs is 5. The van der Waals surface area contributed by atoms with E-state index in [0.29, 0.717) is 17.7 Å². The molecule has 2 bridgehead atoms. The molecule has 3 rings (SSSR count). The van der Waals surface area contributed by atoms with E-state index in [0.717, 1.165) is 6.42 Å². The van der Waals surface area contributed by atoms with Gasteiger partial charge in [0.25, 0.3) is 0 Å². The van der Waals surface area contributed by atoms with E-state index in [1.165, 1.54) is 13.8 Å². The normalized spacial score (nSPS) is 44.0. The highest BCUT2D eigenvalue weighted by Crippen LogP contribution is 2.41. The van der Waals surface area contributed by atoms with Gasteiger partial charge in [-0.25, -0.2) is 4.99 Å². The third kappa shape index (κ3) is 8.78. The molecule has 11 heteroatoms. The van der Waals surface area contributed by atoms with Crippen LogP contribution in [-0.2, 0) is 38.1 Å². The quantitative estimate of drug-likeness (QED) is 0.262. The number of carbonyl (C=O) groups is 3. The molecule has 13 atom stereocenters. The van der Waals surface area contributed by atoms with Crippen LogP contribution in [0, 0.1) is 29.6 Å². The van der Waals surface area contributed by atoms with E-state index in [2.05, 4.69) is 23.4 Å². The summed E-state index contributed by atoms with van der Waals surface area (Å²) in [6, 6.07) is 0.171. The lowest BCUT2D eigenvalue weighted by atomic mass is 9.73. The first kappa shape index (κ1) is 39.4. The van der Waals surface area contributed by atoms with Crippen molar-refractivity contribution in [3.8, 4) is 0 Å². The number of hydrogen-bond donors (Lipinski definition) is 1. The maximum absolute atomic E-state index is 14.2. The minimum absolute atomic E-state index is 0.0363. The summed E-state index contributed by atoms with van der Waals surface area (Å²) in [5.41, 5.74) is -1.73. The molecule has 1 amide bonds. The average molecular weight is 665 g/mol. The Morgan fingerprint density at radius 2 is 1.72 bits per heavy atom. The van der Waals surface area contributed by atoms with Crippen LogP contribution in [0.25, 0.3) is 0 Å². The molecular weight excluding hydrogens is 604 g/mol. The van der Waals surface area contributed by atoms with Gasteiger partial charge in [0.1, 0.15) is 17.6 Å². The highest BCUT2D eigenvalue weighted by molar-refractivity contribution is 6.00. The zero-order valence-electron chi connectivity index (χ0n) is 30.7. The van der Waals surface area contributed by atoms with Crippen LogP contribution < -0.4 is 0 Å². The van der Waals surface area contributed by atoms with Crippen molar-refractivity contribution < 1.29 is 43.2 Å². The van der Waals surface area contributed by atoms with E-state index >= 15 is 0 Å². The summed E-state index contributed by atoms with van der Waals surface area (Å²) in [5.74, 6) is -4.48. The Bertz CT molecular complexity index is 1180. The zero-order valence-corrected chi connectivity index (χ0v) is 30.7. The summed E-state index contributed by atoms with van der Waals surface area (Å²) < 4.78 is 32.3. The second-order valence-corrected chi connectivity index (χ2v) is 15.0. The fraction of sp³-hybridized carbons (Fsp3) is 0.833. The molecule has 0 aliphatic carbocycles.